The van der Waals surface area contributed by atoms with Crippen molar-refractivity contribution in [1.29, 1.82) is 5.26 Å². The number of hydrogen-bond acceptors (Lipinski definition) is 6. The lowest BCUT2D eigenvalue weighted by molar-refractivity contribution is -0.118. The summed E-state index contributed by atoms with van der Waals surface area (Å²) in [5.41, 5.74) is 2.56. The minimum Gasteiger partial charge on any atom is -0.495 e. The van der Waals surface area contributed by atoms with E-state index in [1.807, 2.05) is 38.1 Å². The van der Waals surface area contributed by atoms with Crippen LogP contribution in [0.1, 0.15) is 18.1 Å². The summed E-state index contributed by atoms with van der Waals surface area (Å²) in [4.78, 5) is 25.0. The van der Waals surface area contributed by atoms with Crippen LogP contribution >= 0.6 is 0 Å². The fraction of sp³-hybridized carbons (Fsp3) is 0.179. The number of benzene rings is 3. The van der Waals surface area contributed by atoms with E-state index in [2.05, 4.69) is 10.6 Å². The number of amides is 2. The van der Waals surface area contributed by atoms with Gasteiger partial charge in [-0.05, 0) is 61.4 Å². The number of carbonyl (C=O) groups excluding carboxylic acids is 2. The number of ether oxygens (including phenoxy) is 3. The molecule has 0 aromatic heterocycles. The smallest absolute Gasteiger partial charge is 0.266 e. The maximum Gasteiger partial charge on any atom is 0.266 e. The average Bonchev–Trinajstić information content (AvgIpc) is 2.88. The normalized spacial score (nSPS) is 10.7. The third-order valence-electron chi connectivity index (χ3n) is 5.08. The standard InChI is InChI=1S/C28H27N3O5/c1-4-35-26-16-20(15-21(17-29)28(33)31-22-10-6-5-9-19(22)2)13-14-25(26)36-18-27(32)30-23-11-7-8-12-24(23)34-3/h5-16H,4,18H2,1-3H3,(H,30,32)(H,31,33)/b21-15-. The molecule has 0 unspecified atom stereocenters. The van der Waals surface area contributed by atoms with Gasteiger partial charge in [0, 0.05) is 5.69 Å². The monoisotopic (exact) mass is 485 g/mol. The number of rotatable bonds is 10. The van der Waals surface area contributed by atoms with Crippen LogP contribution in [0, 0.1) is 18.3 Å². The molecule has 0 spiro atoms. The van der Waals surface area contributed by atoms with E-state index in [4.69, 9.17) is 14.2 Å². The number of nitrogens with zero attached hydrogens (tertiary/aromatic N) is 1. The molecule has 3 aromatic rings. The molecule has 0 saturated heterocycles. The Morgan fingerprint density at radius 1 is 0.917 bits per heavy atom. The first-order chi connectivity index (χ1) is 17.4. The van der Waals surface area contributed by atoms with Crippen molar-refractivity contribution in [3.8, 4) is 23.3 Å². The molecule has 0 heterocycles. The fourth-order valence-electron chi connectivity index (χ4n) is 3.30. The van der Waals surface area contributed by atoms with E-state index in [0.717, 1.165) is 5.56 Å². The molecule has 3 aromatic carbocycles. The number of aryl methyl sites for hydroxylation is 1. The van der Waals surface area contributed by atoms with Crippen LogP contribution in [0.15, 0.2) is 72.3 Å². The van der Waals surface area contributed by atoms with Crippen LogP contribution in [-0.2, 0) is 9.59 Å². The van der Waals surface area contributed by atoms with Crippen LogP contribution in [0.5, 0.6) is 17.2 Å². The van der Waals surface area contributed by atoms with Gasteiger partial charge in [0.25, 0.3) is 11.8 Å². The van der Waals surface area contributed by atoms with Crippen LogP contribution < -0.4 is 24.8 Å². The van der Waals surface area contributed by atoms with Gasteiger partial charge in [-0.2, -0.15) is 5.26 Å². The Morgan fingerprint density at radius 3 is 2.33 bits per heavy atom. The van der Waals surface area contributed by atoms with Crippen molar-refractivity contribution in [2.45, 2.75) is 13.8 Å². The van der Waals surface area contributed by atoms with Gasteiger partial charge in [-0.15, -0.1) is 0 Å². The summed E-state index contributed by atoms with van der Waals surface area (Å²) in [5.74, 6) is 0.389. The van der Waals surface area contributed by atoms with E-state index in [1.165, 1.54) is 13.2 Å². The van der Waals surface area contributed by atoms with Gasteiger partial charge in [0.05, 0.1) is 19.4 Å². The highest BCUT2D eigenvalue weighted by Gasteiger charge is 2.14. The minimum absolute atomic E-state index is 0.0643. The molecule has 184 valence electrons. The van der Waals surface area contributed by atoms with Crippen molar-refractivity contribution >= 4 is 29.3 Å². The van der Waals surface area contributed by atoms with E-state index in [9.17, 15) is 14.9 Å². The Hall–Kier alpha value is -4.77. The molecule has 0 aliphatic rings. The summed E-state index contributed by atoms with van der Waals surface area (Å²) >= 11 is 0. The van der Waals surface area contributed by atoms with Crippen molar-refractivity contribution in [3.05, 3.63) is 83.4 Å². The molecule has 0 fully saturated rings. The quantitative estimate of drug-likeness (QED) is 0.310. The highest BCUT2D eigenvalue weighted by Crippen LogP contribution is 2.30. The second-order valence-electron chi connectivity index (χ2n) is 7.62. The fourth-order valence-corrected chi connectivity index (χ4v) is 3.30. The lowest BCUT2D eigenvalue weighted by atomic mass is 10.1. The van der Waals surface area contributed by atoms with Crippen LogP contribution in [0.2, 0.25) is 0 Å². The molecule has 0 atom stereocenters. The van der Waals surface area contributed by atoms with Gasteiger partial charge in [-0.1, -0.05) is 36.4 Å². The molecule has 0 bridgehead atoms. The molecule has 0 aliphatic carbocycles. The molecule has 8 nitrogen and oxygen atoms in total. The number of nitrogens with one attached hydrogen (secondary N) is 2. The molecule has 2 amide bonds. The number of carbonyl (C=O) groups is 2. The summed E-state index contributed by atoms with van der Waals surface area (Å²) < 4.78 is 16.6. The van der Waals surface area contributed by atoms with Gasteiger partial charge >= 0.3 is 0 Å². The van der Waals surface area contributed by atoms with Gasteiger partial charge in [0.15, 0.2) is 18.1 Å². The van der Waals surface area contributed by atoms with Gasteiger partial charge < -0.3 is 24.8 Å². The molecule has 8 heteroatoms. The van der Waals surface area contributed by atoms with E-state index < -0.39 is 5.91 Å². The maximum absolute atomic E-state index is 12.6. The number of nitriles is 1. The van der Waals surface area contributed by atoms with Crippen LogP contribution in [0.4, 0.5) is 11.4 Å². The summed E-state index contributed by atoms with van der Waals surface area (Å²) in [7, 11) is 1.52. The first-order valence-corrected chi connectivity index (χ1v) is 11.3. The van der Waals surface area contributed by atoms with Crippen LogP contribution in [-0.4, -0.2) is 32.1 Å². The van der Waals surface area contributed by atoms with E-state index in [-0.39, 0.29) is 18.1 Å². The topological polar surface area (TPSA) is 110 Å². The lowest BCUT2D eigenvalue weighted by Crippen LogP contribution is -2.20. The predicted molar refractivity (Wildman–Crippen MR) is 138 cm³/mol. The molecular weight excluding hydrogens is 458 g/mol. The Bertz CT molecular complexity index is 1310. The first-order valence-electron chi connectivity index (χ1n) is 11.3. The molecule has 3 rings (SSSR count). The highest BCUT2D eigenvalue weighted by molar-refractivity contribution is 6.10. The van der Waals surface area contributed by atoms with Gasteiger partial charge in [-0.3, -0.25) is 9.59 Å². The average molecular weight is 486 g/mol. The van der Waals surface area contributed by atoms with E-state index in [0.29, 0.717) is 40.8 Å². The second-order valence-corrected chi connectivity index (χ2v) is 7.62. The number of para-hydroxylation sites is 3. The summed E-state index contributed by atoms with van der Waals surface area (Å²) in [6.07, 6.45) is 1.47. The largest absolute Gasteiger partial charge is 0.495 e. The first kappa shape index (κ1) is 25.8. The van der Waals surface area contributed by atoms with Crippen molar-refractivity contribution in [2.75, 3.05) is 31.0 Å². The number of anilines is 2. The molecule has 2 N–H and O–H groups in total. The van der Waals surface area contributed by atoms with Gasteiger partial charge in [0.1, 0.15) is 17.4 Å². The zero-order valence-electron chi connectivity index (χ0n) is 20.3. The zero-order valence-corrected chi connectivity index (χ0v) is 20.3. The third-order valence-corrected chi connectivity index (χ3v) is 5.08. The summed E-state index contributed by atoms with van der Waals surface area (Å²) in [5, 5.41) is 15.0. The Morgan fingerprint density at radius 2 is 1.64 bits per heavy atom. The lowest BCUT2D eigenvalue weighted by Gasteiger charge is -2.14. The van der Waals surface area contributed by atoms with Crippen molar-refractivity contribution in [1.82, 2.24) is 0 Å². The van der Waals surface area contributed by atoms with Gasteiger partial charge in [-0.25, -0.2) is 0 Å². The highest BCUT2D eigenvalue weighted by atomic mass is 16.5. The molecule has 0 aliphatic heterocycles. The van der Waals surface area contributed by atoms with Crippen molar-refractivity contribution in [2.24, 2.45) is 0 Å². The number of hydrogen-bond donors (Lipinski definition) is 2. The zero-order chi connectivity index (χ0) is 25.9. The Balaban J connectivity index is 1.72. The molecule has 36 heavy (non-hydrogen) atoms. The Kier molecular flexibility index (Phi) is 9.06. The third kappa shape index (κ3) is 6.87. The van der Waals surface area contributed by atoms with Crippen LogP contribution in [0.25, 0.3) is 6.08 Å². The molecule has 0 saturated carbocycles. The summed E-state index contributed by atoms with van der Waals surface area (Å²) in [6, 6.07) is 21.3. The van der Waals surface area contributed by atoms with Gasteiger partial charge in [0.2, 0.25) is 0 Å². The number of methoxy groups -OCH3 is 1. The van der Waals surface area contributed by atoms with Crippen molar-refractivity contribution in [3.63, 3.8) is 0 Å². The van der Waals surface area contributed by atoms with Crippen LogP contribution in [0.3, 0.4) is 0 Å². The second kappa shape index (κ2) is 12.6. The maximum atomic E-state index is 12.6. The molecular formula is C28H27N3O5. The minimum atomic E-state index is -0.516. The molecule has 0 radical (unpaired) electrons. The van der Waals surface area contributed by atoms with E-state index in [1.54, 1.807) is 48.5 Å². The van der Waals surface area contributed by atoms with E-state index >= 15 is 0 Å². The Labute approximate surface area is 210 Å². The predicted octanol–water partition coefficient (Wildman–Crippen LogP) is 4.97. The SMILES string of the molecule is CCOc1cc(/C=C(/C#N)C(=O)Nc2ccccc2C)ccc1OCC(=O)Nc1ccccc1OC. The summed E-state index contributed by atoms with van der Waals surface area (Å²) in [6.45, 7) is 3.79. The van der Waals surface area contributed by atoms with Crippen molar-refractivity contribution < 1.29 is 23.8 Å².